The summed E-state index contributed by atoms with van der Waals surface area (Å²) in [7, 11) is 0. The molecule has 2 aromatic carbocycles. The number of aliphatic hydroxyl groups excluding tert-OH is 1. The van der Waals surface area contributed by atoms with Crippen LogP contribution in [0.1, 0.15) is 35.6 Å². The summed E-state index contributed by atoms with van der Waals surface area (Å²) >= 11 is 0. The highest BCUT2D eigenvalue weighted by Gasteiger charge is 2.31. The standard InChI is InChI=1S/C19H18F2N2O/c20-16-4-2-14(3-5-16)19(24)12-23(17-6-7-17)11-15-9-13(10-22)1-8-18(15)21/h1-5,8-9,17,19,24H,6-7,11-12H2. The van der Waals surface area contributed by atoms with Crippen molar-refractivity contribution in [2.24, 2.45) is 0 Å². The van der Waals surface area contributed by atoms with Crippen molar-refractivity contribution in [1.29, 1.82) is 5.26 Å². The molecular formula is C19H18F2N2O. The second-order valence-electron chi connectivity index (χ2n) is 6.15. The van der Waals surface area contributed by atoms with E-state index in [0.717, 1.165) is 12.8 Å². The molecule has 2 aromatic rings. The lowest BCUT2D eigenvalue weighted by Crippen LogP contribution is -2.30. The number of halogens is 2. The van der Waals surface area contributed by atoms with E-state index in [2.05, 4.69) is 0 Å². The van der Waals surface area contributed by atoms with Gasteiger partial charge in [-0.25, -0.2) is 8.78 Å². The summed E-state index contributed by atoms with van der Waals surface area (Å²) in [6.45, 7) is 0.677. The average Bonchev–Trinajstić information content (AvgIpc) is 3.41. The summed E-state index contributed by atoms with van der Waals surface area (Å²) in [4.78, 5) is 2.02. The Bertz CT molecular complexity index is 751. The van der Waals surface area contributed by atoms with E-state index in [1.165, 1.54) is 24.3 Å². The first-order valence-corrected chi connectivity index (χ1v) is 7.93. The molecule has 3 nitrogen and oxygen atoms in total. The monoisotopic (exact) mass is 328 g/mol. The Labute approximate surface area is 139 Å². The van der Waals surface area contributed by atoms with Gasteiger partial charge in [-0.15, -0.1) is 0 Å². The summed E-state index contributed by atoms with van der Waals surface area (Å²) in [6.07, 6.45) is 1.25. The Balaban J connectivity index is 1.74. The van der Waals surface area contributed by atoms with Gasteiger partial charge < -0.3 is 5.11 Å². The molecule has 0 aliphatic heterocycles. The number of rotatable bonds is 6. The zero-order valence-corrected chi connectivity index (χ0v) is 13.1. The third-order valence-corrected chi connectivity index (χ3v) is 4.27. The lowest BCUT2D eigenvalue weighted by atomic mass is 10.1. The smallest absolute Gasteiger partial charge is 0.127 e. The van der Waals surface area contributed by atoms with E-state index < -0.39 is 6.10 Å². The van der Waals surface area contributed by atoms with E-state index in [1.807, 2.05) is 11.0 Å². The molecule has 0 radical (unpaired) electrons. The maximum Gasteiger partial charge on any atom is 0.127 e. The molecule has 1 aliphatic rings. The minimum atomic E-state index is -0.770. The van der Waals surface area contributed by atoms with E-state index in [1.54, 1.807) is 18.2 Å². The van der Waals surface area contributed by atoms with Crippen LogP contribution in [-0.2, 0) is 6.54 Å². The van der Waals surface area contributed by atoms with Crippen LogP contribution in [0.2, 0.25) is 0 Å². The van der Waals surface area contributed by atoms with Crippen LogP contribution in [0.25, 0.3) is 0 Å². The number of nitriles is 1. The Kier molecular flexibility index (Phi) is 4.89. The molecule has 124 valence electrons. The van der Waals surface area contributed by atoms with Crippen LogP contribution in [0, 0.1) is 23.0 Å². The van der Waals surface area contributed by atoms with Crippen molar-refractivity contribution in [2.75, 3.05) is 6.54 Å². The fourth-order valence-corrected chi connectivity index (χ4v) is 2.78. The first-order valence-electron chi connectivity index (χ1n) is 7.93. The molecule has 0 saturated heterocycles. The Morgan fingerprint density at radius 1 is 1.17 bits per heavy atom. The molecule has 1 N–H and O–H groups in total. The largest absolute Gasteiger partial charge is 0.387 e. The molecule has 1 saturated carbocycles. The van der Waals surface area contributed by atoms with Gasteiger partial charge in [-0.05, 0) is 48.7 Å². The second kappa shape index (κ2) is 7.08. The van der Waals surface area contributed by atoms with Gasteiger partial charge in [0.1, 0.15) is 11.6 Å². The van der Waals surface area contributed by atoms with Gasteiger partial charge in [0.2, 0.25) is 0 Å². The van der Waals surface area contributed by atoms with Crippen molar-refractivity contribution in [3.05, 3.63) is 70.8 Å². The number of nitrogens with zero attached hydrogens (tertiary/aromatic N) is 2. The summed E-state index contributed by atoms with van der Waals surface area (Å²) in [6, 6.07) is 12.4. The van der Waals surface area contributed by atoms with Crippen LogP contribution >= 0.6 is 0 Å². The van der Waals surface area contributed by atoms with Crippen LogP contribution in [0.4, 0.5) is 8.78 Å². The van der Waals surface area contributed by atoms with Gasteiger partial charge >= 0.3 is 0 Å². The summed E-state index contributed by atoms with van der Waals surface area (Å²) in [5.74, 6) is -0.698. The third kappa shape index (κ3) is 3.97. The van der Waals surface area contributed by atoms with Crippen molar-refractivity contribution in [3.63, 3.8) is 0 Å². The van der Waals surface area contributed by atoms with E-state index in [-0.39, 0.29) is 11.6 Å². The molecule has 0 amide bonds. The normalized spacial score (nSPS) is 15.3. The predicted octanol–water partition coefficient (Wildman–Crippen LogP) is 3.53. The number of hydrogen-bond acceptors (Lipinski definition) is 3. The Hall–Kier alpha value is -2.29. The van der Waals surface area contributed by atoms with Gasteiger partial charge in [0, 0.05) is 24.7 Å². The highest BCUT2D eigenvalue weighted by atomic mass is 19.1. The average molecular weight is 328 g/mol. The number of benzene rings is 2. The van der Waals surface area contributed by atoms with Crippen molar-refractivity contribution in [3.8, 4) is 6.07 Å². The molecule has 1 fully saturated rings. The van der Waals surface area contributed by atoms with Crippen LogP contribution in [-0.4, -0.2) is 22.6 Å². The van der Waals surface area contributed by atoms with Gasteiger partial charge in [0.05, 0.1) is 17.7 Å². The van der Waals surface area contributed by atoms with Gasteiger partial charge in [0.25, 0.3) is 0 Å². The Morgan fingerprint density at radius 2 is 1.88 bits per heavy atom. The van der Waals surface area contributed by atoms with Crippen LogP contribution in [0.5, 0.6) is 0 Å². The minimum Gasteiger partial charge on any atom is -0.387 e. The Morgan fingerprint density at radius 3 is 2.50 bits per heavy atom. The molecule has 0 bridgehead atoms. The maximum atomic E-state index is 14.0. The highest BCUT2D eigenvalue weighted by Crippen LogP contribution is 2.31. The molecule has 0 spiro atoms. The molecule has 3 rings (SSSR count). The van der Waals surface area contributed by atoms with Gasteiger partial charge in [-0.2, -0.15) is 5.26 Å². The topological polar surface area (TPSA) is 47.3 Å². The maximum absolute atomic E-state index is 14.0. The molecule has 5 heteroatoms. The third-order valence-electron chi connectivity index (χ3n) is 4.27. The molecule has 0 heterocycles. The first-order chi connectivity index (χ1) is 11.6. The van der Waals surface area contributed by atoms with Crippen LogP contribution in [0.15, 0.2) is 42.5 Å². The summed E-state index contributed by atoms with van der Waals surface area (Å²) in [5, 5.41) is 19.4. The van der Waals surface area contributed by atoms with Crippen LogP contribution < -0.4 is 0 Å². The van der Waals surface area contributed by atoms with Crippen LogP contribution in [0.3, 0.4) is 0 Å². The minimum absolute atomic E-state index is 0.310. The SMILES string of the molecule is N#Cc1ccc(F)c(CN(CC(O)c2ccc(F)cc2)C2CC2)c1. The van der Waals surface area contributed by atoms with Gasteiger partial charge in [-0.1, -0.05) is 12.1 Å². The summed E-state index contributed by atoms with van der Waals surface area (Å²) in [5.41, 5.74) is 1.50. The fraction of sp³-hybridized carbons (Fsp3) is 0.316. The van der Waals surface area contributed by atoms with Crippen molar-refractivity contribution < 1.29 is 13.9 Å². The molecule has 1 aliphatic carbocycles. The van der Waals surface area contributed by atoms with Gasteiger partial charge in [0.15, 0.2) is 0 Å². The van der Waals surface area contributed by atoms with E-state index in [9.17, 15) is 13.9 Å². The fourth-order valence-electron chi connectivity index (χ4n) is 2.78. The predicted molar refractivity (Wildman–Crippen MR) is 85.9 cm³/mol. The summed E-state index contributed by atoms with van der Waals surface area (Å²) < 4.78 is 27.0. The number of hydrogen-bond donors (Lipinski definition) is 1. The molecular weight excluding hydrogens is 310 g/mol. The molecule has 1 unspecified atom stereocenters. The number of aliphatic hydroxyl groups is 1. The lowest BCUT2D eigenvalue weighted by Gasteiger charge is -2.25. The quantitative estimate of drug-likeness (QED) is 0.882. The highest BCUT2D eigenvalue weighted by molar-refractivity contribution is 5.33. The van der Waals surface area contributed by atoms with Crippen molar-refractivity contribution in [2.45, 2.75) is 31.5 Å². The zero-order chi connectivity index (χ0) is 17.1. The van der Waals surface area contributed by atoms with Crippen molar-refractivity contribution >= 4 is 0 Å². The zero-order valence-electron chi connectivity index (χ0n) is 13.1. The van der Waals surface area contributed by atoms with E-state index in [4.69, 9.17) is 5.26 Å². The lowest BCUT2D eigenvalue weighted by molar-refractivity contribution is 0.104. The second-order valence-corrected chi connectivity index (χ2v) is 6.15. The van der Waals surface area contributed by atoms with Gasteiger partial charge in [-0.3, -0.25) is 4.90 Å². The first kappa shape index (κ1) is 16.6. The molecule has 24 heavy (non-hydrogen) atoms. The molecule has 0 aromatic heterocycles. The van der Waals surface area contributed by atoms with E-state index >= 15 is 0 Å². The molecule has 1 atom stereocenters. The van der Waals surface area contributed by atoms with Crippen molar-refractivity contribution in [1.82, 2.24) is 4.90 Å². The van der Waals surface area contributed by atoms with E-state index in [0.29, 0.717) is 35.8 Å².